The number of carbonyl (C=O) groups excluding carboxylic acids is 1. The van der Waals surface area contributed by atoms with Gasteiger partial charge >= 0.3 is 5.97 Å². The molecule has 6 heteroatoms. The second kappa shape index (κ2) is 6.75. The van der Waals surface area contributed by atoms with Crippen molar-refractivity contribution in [1.29, 1.82) is 0 Å². The van der Waals surface area contributed by atoms with Crippen LogP contribution in [0.15, 0.2) is 18.2 Å². The smallest absolute Gasteiger partial charge is 0.339 e. The minimum atomic E-state index is -1.25. The topological polar surface area (TPSA) is 95.9 Å². The molecule has 0 radical (unpaired) electrons. The molecule has 0 aliphatic heterocycles. The Morgan fingerprint density at radius 1 is 1.42 bits per heavy atom. The van der Waals surface area contributed by atoms with E-state index in [-0.39, 0.29) is 29.7 Å². The number of carboxylic acid groups (broad SMARTS) is 1. The average molecular weight is 267 g/mol. The number of nitrogens with one attached hydrogen (secondary N) is 1. The molecule has 0 heterocycles. The first-order valence-corrected chi connectivity index (χ1v) is 5.83. The molecule has 0 aliphatic rings. The van der Waals surface area contributed by atoms with Crippen LogP contribution >= 0.6 is 0 Å². The highest BCUT2D eigenvalue weighted by Crippen LogP contribution is 2.21. The Balaban J connectivity index is 2.64. The molecule has 3 N–H and O–H groups in total. The lowest BCUT2D eigenvalue weighted by Gasteiger charge is -2.10. The van der Waals surface area contributed by atoms with Crippen molar-refractivity contribution in [2.75, 3.05) is 12.4 Å². The van der Waals surface area contributed by atoms with Gasteiger partial charge in [0.15, 0.2) is 0 Å². The molecule has 1 aromatic rings. The minimum absolute atomic E-state index is 0.0138. The third-order valence-electron chi connectivity index (χ3n) is 2.69. The van der Waals surface area contributed by atoms with Gasteiger partial charge in [0.05, 0.1) is 6.10 Å². The normalized spacial score (nSPS) is 11.9. The second-order valence-corrected chi connectivity index (χ2v) is 4.17. The van der Waals surface area contributed by atoms with Gasteiger partial charge in [-0.15, -0.1) is 0 Å². The third-order valence-corrected chi connectivity index (χ3v) is 2.69. The van der Waals surface area contributed by atoms with Gasteiger partial charge in [0.1, 0.15) is 11.3 Å². The molecule has 19 heavy (non-hydrogen) atoms. The molecule has 0 bridgehead atoms. The highest BCUT2D eigenvalue weighted by Gasteiger charge is 2.12. The molecular formula is C13H17NO5. The van der Waals surface area contributed by atoms with E-state index in [1.54, 1.807) is 7.11 Å². The Morgan fingerprint density at radius 3 is 2.68 bits per heavy atom. The Morgan fingerprint density at radius 2 is 2.11 bits per heavy atom. The third kappa shape index (κ3) is 4.59. The van der Waals surface area contributed by atoms with Crippen LogP contribution in [0, 0.1) is 0 Å². The van der Waals surface area contributed by atoms with E-state index in [1.165, 1.54) is 18.2 Å². The number of aromatic hydroxyl groups is 1. The van der Waals surface area contributed by atoms with Crippen molar-refractivity contribution in [2.24, 2.45) is 0 Å². The highest BCUT2D eigenvalue weighted by molar-refractivity contribution is 5.95. The summed E-state index contributed by atoms with van der Waals surface area (Å²) in [6.45, 7) is 1.86. The number of rotatable bonds is 6. The standard InChI is InChI=1S/C13H17NO5/c1-8(19-2)3-6-12(16)14-9-4-5-11(15)10(7-9)13(17)18/h4-5,7-8,15H,3,6H2,1-2H3,(H,14,16)(H,17,18). The first-order valence-electron chi connectivity index (χ1n) is 5.83. The minimum Gasteiger partial charge on any atom is -0.507 e. The number of hydrogen-bond donors (Lipinski definition) is 3. The van der Waals surface area contributed by atoms with Gasteiger partial charge < -0.3 is 20.3 Å². The number of hydrogen-bond acceptors (Lipinski definition) is 4. The van der Waals surface area contributed by atoms with Crippen LogP contribution in [0.4, 0.5) is 5.69 Å². The predicted molar refractivity (Wildman–Crippen MR) is 69.4 cm³/mol. The molecule has 0 spiro atoms. The van der Waals surface area contributed by atoms with E-state index in [0.29, 0.717) is 12.1 Å². The zero-order valence-corrected chi connectivity index (χ0v) is 10.8. The fourth-order valence-corrected chi connectivity index (χ4v) is 1.46. The fourth-order valence-electron chi connectivity index (χ4n) is 1.46. The number of carbonyl (C=O) groups is 2. The van der Waals surface area contributed by atoms with Gasteiger partial charge in [0.2, 0.25) is 5.91 Å². The quantitative estimate of drug-likeness (QED) is 0.683. The molecule has 0 saturated heterocycles. The lowest BCUT2D eigenvalue weighted by Crippen LogP contribution is -2.15. The molecule has 1 rings (SSSR count). The van der Waals surface area contributed by atoms with Crippen LogP contribution in [0.25, 0.3) is 0 Å². The summed E-state index contributed by atoms with van der Waals surface area (Å²) < 4.78 is 5.03. The number of ether oxygens (including phenoxy) is 1. The van der Waals surface area contributed by atoms with Gasteiger partial charge in [0.25, 0.3) is 0 Å². The highest BCUT2D eigenvalue weighted by atomic mass is 16.5. The molecule has 0 saturated carbocycles. The maximum absolute atomic E-state index is 11.6. The summed E-state index contributed by atoms with van der Waals surface area (Å²) >= 11 is 0. The number of aromatic carboxylic acids is 1. The van der Waals surface area contributed by atoms with E-state index in [1.807, 2.05) is 6.92 Å². The number of carboxylic acids is 1. The Kier molecular flexibility index (Phi) is 5.32. The maximum atomic E-state index is 11.6. The van der Waals surface area contributed by atoms with Crippen molar-refractivity contribution >= 4 is 17.6 Å². The lowest BCUT2D eigenvalue weighted by atomic mass is 10.1. The Labute approximate surface area is 111 Å². The summed E-state index contributed by atoms with van der Waals surface area (Å²) in [7, 11) is 1.57. The van der Waals surface area contributed by atoms with E-state index >= 15 is 0 Å². The largest absolute Gasteiger partial charge is 0.507 e. The van der Waals surface area contributed by atoms with Crippen molar-refractivity contribution in [1.82, 2.24) is 0 Å². The van der Waals surface area contributed by atoms with Crippen molar-refractivity contribution in [3.05, 3.63) is 23.8 Å². The van der Waals surface area contributed by atoms with Gasteiger partial charge in [-0.1, -0.05) is 0 Å². The predicted octanol–water partition coefficient (Wildman–Crippen LogP) is 1.84. The summed E-state index contributed by atoms with van der Waals surface area (Å²) in [4.78, 5) is 22.4. The van der Waals surface area contributed by atoms with Crippen LogP contribution in [-0.4, -0.2) is 35.3 Å². The number of methoxy groups -OCH3 is 1. The molecule has 0 aliphatic carbocycles. The summed E-state index contributed by atoms with van der Waals surface area (Å²) in [5, 5.41) is 20.8. The molecule has 1 aromatic carbocycles. The Bertz CT molecular complexity index is 472. The van der Waals surface area contributed by atoms with E-state index in [2.05, 4.69) is 5.32 Å². The summed E-state index contributed by atoms with van der Waals surface area (Å²) in [5.74, 6) is -1.81. The SMILES string of the molecule is COC(C)CCC(=O)Nc1ccc(O)c(C(=O)O)c1. The van der Waals surface area contributed by atoms with Crippen LogP contribution in [0.1, 0.15) is 30.1 Å². The lowest BCUT2D eigenvalue weighted by molar-refractivity contribution is -0.116. The van der Waals surface area contributed by atoms with Crippen LogP contribution in [0.5, 0.6) is 5.75 Å². The zero-order valence-electron chi connectivity index (χ0n) is 10.8. The number of amides is 1. The van der Waals surface area contributed by atoms with Gasteiger partial charge in [0, 0.05) is 19.2 Å². The molecule has 1 amide bonds. The molecule has 0 fully saturated rings. The van der Waals surface area contributed by atoms with E-state index < -0.39 is 5.97 Å². The van der Waals surface area contributed by atoms with E-state index in [0.717, 1.165) is 0 Å². The Hall–Kier alpha value is -2.08. The first kappa shape index (κ1) is 15.0. The monoisotopic (exact) mass is 267 g/mol. The van der Waals surface area contributed by atoms with E-state index in [9.17, 15) is 14.7 Å². The number of benzene rings is 1. The van der Waals surface area contributed by atoms with Crippen molar-refractivity contribution in [2.45, 2.75) is 25.9 Å². The number of anilines is 1. The fraction of sp³-hybridized carbons (Fsp3) is 0.385. The molecule has 1 unspecified atom stereocenters. The zero-order chi connectivity index (χ0) is 14.4. The second-order valence-electron chi connectivity index (χ2n) is 4.17. The van der Waals surface area contributed by atoms with Gasteiger partial charge in [-0.3, -0.25) is 4.79 Å². The molecular weight excluding hydrogens is 250 g/mol. The maximum Gasteiger partial charge on any atom is 0.339 e. The molecule has 1 atom stereocenters. The summed E-state index contributed by atoms with van der Waals surface area (Å²) in [6, 6.07) is 3.89. The van der Waals surface area contributed by atoms with Crippen LogP contribution in [0.3, 0.4) is 0 Å². The average Bonchev–Trinajstić information content (AvgIpc) is 2.37. The van der Waals surface area contributed by atoms with Crippen molar-refractivity contribution in [3.63, 3.8) is 0 Å². The first-order chi connectivity index (χ1) is 8.93. The molecule has 0 aromatic heterocycles. The molecule has 6 nitrogen and oxygen atoms in total. The summed E-state index contributed by atoms with van der Waals surface area (Å²) in [6.07, 6.45) is 0.838. The van der Waals surface area contributed by atoms with E-state index in [4.69, 9.17) is 9.84 Å². The van der Waals surface area contributed by atoms with Crippen LogP contribution in [0.2, 0.25) is 0 Å². The summed E-state index contributed by atoms with van der Waals surface area (Å²) in [5.41, 5.74) is 0.0910. The van der Waals surface area contributed by atoms with Gasteiger partial charge in [-0.2, -0.15) is 0 Å². The van der Waals surface area contributed by atoms with Gasteiger partial charge in [-0.25, -0.2) is 4.79 Å². The molecule has 104 valence electrons. The van der Waals surface area contributed by atoms with Crippen molar-refractivity contribution < 1.29 is 24.5 Å². The van der Waals surface area contributed by atoms with Crippen LogP contribution in [-0.2, 0) is 9.53 Å². The number of phenols is 1. The van der Waals surface area contributed by atoms with Gasteiger partial charge in [-0.05, 0) is 31.5 Å². The van der Waals surface area contributed by atoms with Crippen LogP contribution < -0.4 is 5.32 Å². The van der Waals surface area contributed by atoms with Crippen molar-refractivity contribution in [3.8, 4) is 5.75 Å².